The number of hydrogen-bond acceptors (Lipinski definition) is 2. The summed E-state index contributed by atoms with van der Waals surface area (Å²) >= 11 is 0. The van der Waals surface area contributed by atoms with Crippen molar-refractivity contribution in [2.75, 3.05) is 0 Å². The van der Waals surface area contributed by atoms with E-state index in [1.54, 1.807) is 0 Å². The van der Waals surface area contributed by atoms with Gasteiger partial charge in [0.05, 0.1) is 6.04 Å². The normalized spacial score (nSPS) is 26.6. The lowest BCUT2D eigenvalue weighted by Crippen LogP contribution is -2.40. The van der Waals surface area contributed by atoms with Crippen LogP contribution in [0.5, 0.6) is 0 Å². The molecule has 3 atom stereocenters. The number of piperidine rings is 1. The fraction of sp³-hybridized carbons (Fsp3) is 0.667. The van der Waals surface area contributed by atoms with Gasteiger partial charge in [0.1, 0.15) is 0 Å². The molecule has 1 aromatic carbocycles. The number of carbonyl (C=O) groups excluding carboxylic acids is 1. The first-order valence-corrected chi connectivity index (χ1v) is 9.49. The molecule has 2 N–H and O–H groups in total. The second-order valence-corrected chi connectivity index (χ2v) is 8.97. The first-order valence-electron chi connectivity index (χ1n) is 9.49. The van der Waals surface area contributed by atoms with Gasteiger partial charge < -0.3 is 10.6 Å². The van der Waals surface area contributed by atoms with Crippen molar-refractivity contribution in [1.82, 2.24) is 10.6 Å². The van der Waals surface area contributed by atoms with Gasteiger partial charge in [0.25, 0.3) is 0 Å². The molecule has 4 heteroatoms. The van der Waals surface area contributed by atoms with Gasteiger partial charge in [0, 0.05) is 18.5 Å². The highest BCUT2D eigenvalue weighted by molar-refractivity contribution is 5.85. The van der Waals surface area contributed by atoms with Crippen molar-refractivity contribution in [2.45, 2.75) is 77.4 Å². The Morgan fingerprint density at radius 3 is 2.32 bits per heavy atom. The summed E-state index contributed by atoms with van der Waals surface area (Å²) in [7, 11) is 0. The van der Waals surface area contributed by atoms with E-state index in [0.717, 1.165) is 6.42 Å². The summed E-state index contributed by atoms with van der Waals surface area (Å²) in [5.41, 5.74) is 1.40. The summed E-state index contributed by atoms with van der Waals surface area (Å²) in [5.74, 6) is 0.772. The maximum atomic E-state index is 12.7. The molecule has 3 nitrogen and oxygen atoms in total. The zero-order valence-corrected chi connectivity index (χ0v) is 16.6. The molecule has 0 radical (unpaired) electrons. The first kappa shape index (κ1) is 20.3. The van der Waals surface area contributed by atoms with Gasteiger partial charge in [0.2, 0.25) is 5.91 Å². The average Bonchev–Trinajstić information content (AvgIpc) is 2.85. The Balaban J connectivity index is 0.00000225. The first-order chi connectivity index (χ1) is 11.4. The van der Waals surface area contributed by atoms with E-state index in [-0.39, 0.29) is 29.8 Å². The third-order valence-electron chi connectivity index (χ3n) is 5.40. The van der Waals surface area contributed by atoms with Gasteiger partial charge in [-0.3, -0.25) is 4.79 Å². The Morgan fingerprint density at radius 2 is 1.76 bits per heavy atom. The van der Waals surface area contributed by atoms with E-state index in [4.69, 9.17) is 0 Å². The smallest absolute Gasteiger partial charge is 0.220 e. The predicted octanol–water partition coefficient (Wildman–Crippen LogP) is 4.62. The topological polar surface area (TPSA) is 41.1 Å². The standard InChI is InChI=1S/C21H32N2O.ClH/c1-21(2,3)14-19(16-7-5-4-6-8-16)23-20(24)13-15-11-17-9-10-18(12-15)22-17;/h4-8,15,17-19,22H,9-14H2,1-3H3,(H,23,24);1H. The van der Waals surface area contributed by atoms with Gasteiger partial charge >= 0.3 is 0 Å². The fourth-order valence-corrected chi connectivity index (χ4v) is 4.41. The summed E-state index contributed by atoms with van der Waals surface area (Å²) in [6.07, 6.45) is 6.56. The van der Waals surface area contributed by atoms with Crippen molar-refractivity contribution >= 4 is 18.3 Å². The van der Waals surface area contributed by atoms with E-state index < -0.39 is 0 Å². The largest absolute Gasteiger partial charge is 0.349 e. The van der Waals surface area contributed by atoms with Crippen molar-refractivity contribution in [1.29, 1.82) is 0 Å². The molecule has 2 bridgehead atoms. The molecule has 3 rings (SSSR count). The molecule has 0 spiro atoms. The second kappa shape index (κ2) is 8.55. The van der Waals surface area contributed by atoms with Crippen molar-refractivity contribution in [3.05, 3.63) is 35.9 Å². The van der Waals surface area contributed by atoms with E-state index in [1.165, 1.54) is 31.2 Å². The molecule has 25 heavy (non-hydrogen) atoms. The van der Waals surface area contributed by atoms with Crippen LogP contribution in [-0.2, 0) is 4.79 Å². The third-order valence-corrected chi connectivity index (χ3v) is 5.40. The molecule has 1 aromatic rings. The molecule has 3 unspecified atom stereocenters. The van der Waals surface area contributed by atoms with E-state index in [2.05, 4.69) is 55.7 Å². The molecule has 2 aliphatic rings. The molecular weight excluding hydrogens is 332 g/mol. The molecular formula is C21H33ClN2O. The molecule has 0 aromatic heterocycles. The molecule has 0 aliphatic carbocycles. The summed E-state index contributed by atoms with van der Waals surface area (Å²) < 4.78 is 0. The van der Waals surface area contributed by atoms with Gasteiger partial charge in [-0.25, -0.2) is 0 Å². The van der Waals surface area contributed by atoms with Crippen LogP contribution in [-0.4, -0.2) is 18.0 Å². The van der Waals surface area contributed by atoms with Gasteiger partial charge in [0.15, 0.2) is 0 Å². The number of fused-ring (bicyclic) bond motifs is 2. The number of nitrogens with one attached hydrogen (secondary N) is 2. The molecule has 2 aliphatic heterocycles. The summed E-state index contributed by atoms with van der Waals surface area (Å²) in [5, 5.41) is 6.99. The van der Waals surface area contributed by atoms with Gasteiger partial charge in [-0.05, 0) is 49.0 Å². The Labute approximate surface area is 158 Å². The Bertz CT molecular complexity index is 543. The molecule has 2 fully saturated rings. The fourth-order valence-electron chi connectivity index (χ4n) is 4.41. The minimum absolute atomic E-state index is 0. The van der Waals surface area contributed by atoms with Crippen LogP contribution in [0.3, 0.4) is 0 Å². The maximum absolute atomic E-state index is 12.7. The lowest BCUT2D eigenvalue weighted by atomic mass is 9.85. The highest BCUT2D eigenvalue weighted by Crippen LogP contribution is 2.33. The second-order valence-electron chi connectivity index (χ2n) is 8.97. The number of carbonyl (C=O) groups is 1. The van der Waals surface area contributed by atoms with Gasteiger partial charge in [-0.2, -0.15) is 0 Å². The highest BCUT2D eigenvalue weighted by Gasteiger charge is 2.34. The highest BCUT2D eigenvalue weighted by atomic mass is 35.5. The molecule has 2 heterocycles. The number of benzene rings is 1. The predicted molar refractivity (Wildman–Crippen MR) is 106 cm³/mol. The van der Waals surface area contributed by atoms with Crippen molar-refractivity contribution < 1.29 is 4.79 Å². The Hall–Kier alpha value is -1.06. The minimum atomic E-state index is 0. The van der Waals surface area contributed by atoms with E-state index in [9.17, 15) is 4.79 Å². The van der Waals surface area contributed by atoms with Crippen LogP contribution in [0.1, 0.15) is 70.9 Å². The van der Waals surface area contributed by atoms with Gasteiger partial charge in [-0.15, -0.1) is 12.4 Å². The van der Waals surface area contributed by atoms with Crippen LogP contribution < -0.4 is 10.6 Å². The number of amides is 1. The van der Waals surface area contributed by atoms with E-state index >= 15 is 0 Å². The zero-order valence-electron chi connectivity index (χ0n) is 15.8. The average molecular weight is 365 g/mol. The van der Waals surface area contributed by atoms with Crippen LogP contribution in [0.15, 0.2) is 30.3 Å². The van der Waals surface area contributed by atoms with Crippen LogP contribution >= 0.6 is 12.4 Å². The lowest BCUT2D eigenvalue weighted by molar-refractivity contribution is -0.123. The summed E-state index contributed by atoms with van der Waals surface area (Å²) in [4.78, 5) is 12.7. The lowest BCUT2D eigenvalue weighted by Gasteiger charge is -2.30. The quantitative estimate of drug-likeness (QED) is 0.800. The van der Waals surface area contributed by atoms with Gasteiger partial charge in [-0.1, -0.05) is 51.1 Å². The number of halogens is 1. The van der Waals surface area contributed by atoms with Crippen LogP contribution in [0.25, 0.3) is 0 Å². The number of hydrogen-bond donors (Lipinski definition) is 2. The summed E-state index contributed by atoms with van der Waals surface area (Å²) in [6, 6.07) is 11.8. The summed E-state index contributed by atoms with van der Waals surface area (Å²) in [6.45, 7) is 6.71. The monoisotopic (exact) mass is 364 g/mol. The van der Waals surface area contributed by atoms with Crippen LogP contribution in [0.4, 0.5) is 0 Å². The molecule has 2 saturated heterocycles. The number of rotatable bonds is 5. The minimum Gasteiger partial charge on any atom is -0.349 e. The van der Waals surface area contributed by atoms with Crippen LogP contribution in [0.2, 0.25) is 0 Å². The molecule has 140 valence electrons. The Kier molecular flexibility index (Phi) is 6.93. The van der Waals surface area contributed by atoms with E-state index in [1.807, 2.05) is 6.07 Å². The van der Waals surface area contributed by atoms with Crippen LogP contribution in [0, 0.1) is 11.3 Å². The van der Waals surface area contributed by atoms with Crippen molar-refractivity contribution in [3.8, 4) is 0 Å². The molecule has 1 amide bonds. The SMILES string of the molecule is CC(C)(C)CC(NC(=O)CC1CC2CCC(C1)N2)c1ccccc1.Cl. The van der Waals surface area contributed by atoms with Crippen molar-refractivity contribution in [2.24, 2.45) is 11.3 Å². The van der Waals surface area contributed by atoms with Crippen molar-refractivity contribution in [3.63, 3.8) is 0 Å². The zero-order chi connectivity index (χ0) is 17.2. The maximum Gasteiger partial charge on any atom is 0.220 e. The Morgan fingerprint density at radius 1 is 1.16 bits per heavy atom. The molecule has 0 saturated carbocycles. The third kappa shape index (κ3) is 6.00. The van der Waals surface area contributed by atoms with E-state index in [0.29, 0.717) is 24.4 Å².